The van der Waals surface area contributed by atoms with E-state index in [2.05, 4.69) is 10.5 Å². The Kier molecular flexibility index (Phi) is 4.63. The third-order valence-electron chi connectivity index (χ3n) is 2.11. The summed E-state index contributed by atoms with van der Waals surface area (Å²) in [6, 6.07) is 9.22. The van der Waals surface area contributed by atoms with Gasteiger partial charge in [-0.25, -0.2) is 9.82 Å². The molecule has 0 aliphatic rings. The van der Waals surface area contributed by atoms with E-state index in [-0.39, 0.29) is 18.3 Å². The minimum absolute atomic E-state index is 0.173. The van der Waals surface area contributed by atoms with E-state index in [4.69, 9.17) is 4.74 Å². The summed E-state index contributed by atoms with van der Waals surface area (Å²) >= 11 is 1.52. The number of ether oxygens (including phenoxy) is 1. The Labute approximate surface area is 113 Å². The zero-order chi connectivity index (χ0) is 13.5. The Balaban J connectivity index is 1.74. The maximum atomic E-state index is 12.6. The second-order valence-electron chi connectivity index (χ2n) is 3.55. The van der Waals surface area contributed by atoms with Gasteiger partial charge in [0.05, 0.1) is 6.21 Å². The Morgan fingerprint density at radius 1 is 1.37 bits per heavy atom. The van der Waals surface area contributed by atoms with Gasteiger partial charge < -0.3 is 4.74 Å². The fourth-order valence-electron chi connectivity index (χ4n) is 1.24. The molecule has 0 spiro atoms. The Morgan fingerprint density at radius 2 is 2.16 bits per heavy atom. The van der Waals surface area contributed by atoms with Crippen molar-refractivity contribution in [1.82, 2.24) is 5.43 Å². The van der Waals surface area contributed by atoms with Crippen molar-refractivity contribution in [2.45, 2.75) is 0 Å². The van der Waals surface area contributed by atoms with Crippen LogP contribution in [0.2, 0.25) is 0 Å². The zero-order valence-electron chi connectivity index (χ0n) is 9.88. The molecule has 1 aromatic carbocycles. The predicted octanol–water partition coefficient (Wildman–Crippen LogP) is 2.42. The lowest BCUT2D eigenvalue weighted by molar-refractivity contribution is -0.123. The van der Waals surface area contributed by atoms with Crippen molar-refractivity contribution in [1.29, 1.82) is 0 Å². The third-order valence-corrected chi connectivity index (χ3v) is 2.91. The number of rotatable bonds is 5. The average molecular weight is 278 g/mol. The molecule has 0 saturated heterocycles. The SMILES string of the molecule is O=C(COc1ccc(F)cc1)N/N=C/c1cccs1. The molecule has 1 aromatic heterocycles. The van der Waals surface area contributed by atoms with E-state index in [1.807, 2.05) is 17.5 Å². The number of thiophene rings is 1. The molecule has 2 rings (SSSR count). The van der Waals surface area contributed by atoms with Crippen molar-refractivity contribution in [3.63, 3.8) is 0 Å². The number of carbonyl (C=O) groups excluding carboxylic acids is 1. The molecule has 19 heavy (non-hydrogen) atoms. The van der Waals surface area contributed by atoms with Crippen molar-refractivity contribution < 1.29 is 13.9 Å². The number of hydrogen-bond acceptors (Lipinski definition) is 4. The number of benzene rings is 1. The molecule has 0 radical (unpaired) electrons. The maximum absolute atomic E-state index is 12.6. The van der Waals surface area contributed by atoms with Gasteiger partial charge in [0.1, 0.15) is 11.6 Å². The van der Waals surface area contributed by atoms with Crippen LogP contribution in [-0.2, 0) is 4.79 Å². The van der Waals surface area contributed by atoms with Crippen LogP contribution < -0.4 is 10.2 Å². The third kappa shape index (κ3) is 4.51. The normalized spacial score (nSPS) is 10.6. The highest BCUT2D eigenvalue weighted by Crippen LogP contribution is 2.10. The second kappa shape index (κ2) is 6.65. The van der Waals surface area contributed by atoms with Crippen LogP contribution in [0, 0.1) is 5.82 Å². The molecule has 6 heteroatoms. The van der Waals surface area contributed by atoms with Gasteiger partial charge in [-0.15, -0.1) is 11.3 Å². The Morgan fingerprint density at radius 3 is 2.84 bits per heavy atom. The molecule has 98 valence electrons. The van der Waals surface area contributed by atoms with Crippen molar-refractivity contribution in [3.05, 3.63) is 52.5 Å². The van der Waals surface area contributed by atoms with E-state index >= 15 is 0 Å². The largest absolute Gasteiger partial charge is 0.484 e. The number of halogens is 1. The molecule has 0 atom stereocenters. The lowest BCUT2D eigenvalue weighted by Gasteiger charge is -2.04. The molecule has 1 amide bonds. The highest BCUT2D eigenvalue weighted by atomic mass is 32.1. The van der Waals surface area contributed by atoms with Crippen LogP contribution in [0.5, 0.6) is 5.75 Å². The molecule has 1 N–H and O–H groups in total. The zero-order valence-corrected chi connectivity index (χ0v) is 10.7. The van der Waals surface area contributed by atoms with Gasteiger partial charge in [-0.3, -0.25) is 4.79 Å². The molecule has 0 aliphatic carbocycles. The molecule has 0 fully saturated rings. The molecule has 4 nitrogen and oxygen atoms in total. The first-order valence-electron chi connectivity index (χ1n) is 5.48. The highest BCUT2D eigenvalue weighted by Gasteiger charge is 2.01. The van der Waals surface area contributed by atoms with Gasteiger partial charge in [-0.2, -0.15) is 5.10 Å². The van der Waals surface area contributed by atoms with E-state index in [9.17, 15) is 9.18 Å². The molecule has 0 unspecified atom stereocenters. The summed E-state index contributed by atoms with van der Waals surface area (Å²) in [7, 11) is 0. The summed E-state index contributed by atoms with van der Waals surface area (Å²) in [6.07, 6.45) is 1.56. The summed E-state index contributed by atoms with van der Waals surface area (Å²) in [5.74, 6) is -0.298. The van der Waals surface area contributed by atoms with Crippen LogP contribution in [0.4, 0.5) is 4.39 Å². The van der Waals surface area contributed by atoms with E-state index in [0.717, 1.165) is 4.88 Å². The summed E-state index contributed by atoms with van der Waals surface area (Å²) in [4.78, 5) is 12.3. The molecule has 2 aromatic rings. The summed E-state index contributed by atoms with van der Waals surface area (Å²) < 4.78 is 17.8. The summed E-state index contributed by atoms with van der Waals surface area (Å²) in [5, 5.41) is 5.70. The van der Waals surface area contributed by atoms with Gasteiger partial charge in [0.2, 0.25) is 0 Å². The van der Waals surface area contributed by atoms with Crippen LogP contribution in [0.1, 0.15) is 4.88 Å². The summed E-state index contributed by atoms with van der Waals surface area (Å²) in [5.41, 5.74) is 2.34. The van der Waals surface area contributed by atoms with Gasteiger partial charge in [0.25, 0.3) is 5.91 Å². The van der Waals surface area contributed by atoms with Gasteiger partial charge in [-0.05, 0) is 35.7 Å². The first-order valence-corrected chi connectivity index (χ1v) is 6.36. The van der Waals surface area contributed by atoms with Crippen molar-refractivity contribution in [2.24, 2.45) is 5.10 Å². The Hall–Kier alpha value is -2.21. The second-order valence-corrected chi connectivity index (χ2v) is 4.53. The minimum Gasteiger partial charge on any atom is -0.484 e. The van der Waals surface area contributed by atoms with E-state index in [0.29, 0.717) is 5.75 Å². The molecular weight excluding hydrogens is 267 g/mol. The Bertz CT molecular complexity index is 553. The number of hydrazone groups is 1. The van der Waals surface area contributed by atoms with Crippen LogP contribution in [0.3, 0.4) is 0 Å². The number of nitrogens with one attached hydrogen (secondary N) is 1. The molecule has 0 bridgehead atoms. The van der Waals surface area contributed by atoms with Crippen molar-refractivity contribution in [3.8, 4) is 5.75 Å². The predicted molar refractivity (Wildman–Crippen MR) is 72.0 cm³/mol. The van der Waals surface area contributed by atoms with Gasteiger partial charge in [0.15, 0.2) is 6.61 Å². The monoisotopic (exact) mass is 278 g/mol. The molecule has 0 aliphatic heterocycles. The lowest BCUT2D eigenvalue weighted by atomic mass is 10.3. The fraction of sp³-hybridized carbons (Fsp3) is 0.0769. The van der Waals surface area contributed by atoms with Crippen molar-refractivity contribution in [2.75, 3.05) is 6.61 Å². The van der Waals surface area contributed by atoms with Crippen LogP contribution in [0.15, 0.2) is 46.9 Å². The van der Waals surface area contributed by atoms with Crippen LogP contribution in [0.25, 0.3) is 0 Å². The topological polar surface area (TPSA) is 50.7 Å². The van der Waals surface area contributed by atoms with E-state index < -0.39 is 0 Å². The molecule has 1 heterocycles. The first-order chi connectivity index (χ1) is 9.24. The molecular formula is C13H11FN2O2S. The highest BCUT2D eigenvalue weighted by molar-refractivity contribution is 7.11. The van der Waals surface area contributed by atoms with E-state index in [1.165, 1.54) is 35.6 Å². The minimum atomic E-state index is -0.378. The van der Waals surface area contributed by atoms with Gasteiger partial charge in [0, 0.05) is 4.88 Å². The smallest absolute Gasteiger partial charge is 0.277 e. The standard InChI is InChI=1S/C13H11FN2O2S/c14-10-3-5-11(6-4-10)18-9-13(17)16-15-8-12-2-1-7-19-12/h1-8H,9H2,(H,16,17)/b15-8+. The summed E-state index contributed by atoms with van der Waals surface area (Å²) in [6.45, 7) is -0.173. The molecule has 0 saturated carbocycles. The number of nitrogens with zero attached hydrogens (tertiary/aromatic N) is 1. The van der Waals surface area contributed by atoms with Crippen LogP contribution in [-0.4, -0.2) is 18.7 Å². The first kappa shape index (κ1) is 13.2. The maximum Gasteiger partial charge on any atom is 0.277 e. The lowest BCUT2D eigenvalue weighted by Crippen LogP contribution is -2.24. The van der Waals surface area contributed by atoms with Gasteiger partial charge in [-0.1, -0.05) is 6.07 Å². The number of carbonyl (C=O) groups is 1. The number of amides is 1. The number of hydrogen-bond donors (Lipinski definition) is 1. The fourth-order valence-corrected chi connectivity index (χ4v) is 1.83. The van der Waals surface area contributed by atoms with E-state index in [1.54, 1.807) is 6.21 Å². The average Bonchev–Trinajstić information content (AvgIpc) is 2.91. The quantitative estimate of drug-likeness (QED) is 0.674. The van der Waals surface area contributed by atoms with Gasteiger partial charge >= 0.3 is 0 Å². The van der Waals surface area contributed by atoms with Crippen molar-refractivity contribution >= 4 is 23.5 Å². The van der Waals surface area contributed by atoms with Crippen LogP contribution >= 0.6 is 11.3 Å².